The van der Waals surface area contributed by atoms with E-state index < -0.39 is 0 Å². The maximum absolute atomic E-state index is 5.70. The van der Waals surface area contributed by atoms with Crippen molar-refractivity contribution in [3.05, 3.63) is 23.9 Å². The Balaban J connectivity index is 1.91. The predicted octanol–water partition coefficient (Wildman–Crippen LogP) is 1.80. The standard InChI is InChI=1S/C16H21N3O3/c1-11-16(19-6-7-22-13(9-19)10-20-2)18-14-5-4-12(21-3)8-15(14)17-11/h4-5,8,13H,6-7,9-10H2,1-3H3/t13-/m0/s1. The van der Waals surface area contributed by atoms with E-state index in [2.05, 4.69) is 9.88 Å². The highest BCUT2D eigenvalue weighted by atomic mass is 16.5. The van der Waals surface area contributed by atoms with Crippen molar-refractivity contribution in [2.75, 3.05) is 45.4 Å². The molecule has 0 radical (unpaired) electrons. The van der Waals surface area contributed by atoms with Crippen molar-refractivity contribution < 1.29 is 14.2 Å². The lowest BCUT2D eigenvalue weighted by Crippen LogP contribution is -2.45. The van der Waals surface area contributed by atoms with Gasteiger partial charge < -0.3 is 19.1 Å². The molecule has 0 N–H and O–H groups in total. The number of morpholine rings is 1. The number of ether oxygens (including phenoxy) is 3. The Kier molecular flexibility index (Phi) is 4.40. The topological polar surface area (TPSA) is 56.7 Å². The average Bonchev–Trinajstić information content (AvgIpc) is 2.54. The average molecular weight is 303 g/mol. The molecule has 0 amide bonds. The minimum atomic E-state index is 0.0755. The van der Waals surface area contributed by atoms with Crippen LogP contribution in [0.25, 0.3) is 11.0 Å². The van der Waals surface area contributed by atoms with Gasteiger partial charge in [0.2, 0.25) is 0 Å². The summed E-state index contributed by atoms with van der Waals surface area (Å²) >= 11 is 0. The van der Waals surface area contributed by atoms with Crippen LogP contribution in [0.2, 0.25) is 0 Å². The Morgan fingerprint density at radius 1 is 1.27 bits per heavy atom. The molecule has 1 atom stereocenters. The second-order valence-corrected chi connectivity index (χ2v) is 5.38. The van der Waals surface area contributed by atoms with Crippen LogP contribution in [0.4, 0.5) is 5.82 Å². The van der Waals surface area contributed by atoms with E-state index in [0.717, 1.165) is 41.4 Å². The summed E-state index contributed by atoms with van der Waals surface area (Å²) in [7, 11) is 3.34. The first-order valence-corrected chi connectivity index (χ1v) is 7.39. The van der Waals surface area contributed by atoms with E-state index in [4.69, 9.17) is 19.2 Å². The van der Waals surface area contributed by atoms with Gasteiger partial charge in [0, 0.05) is 26.3 Å². The van der Waals surface area contributed by atoms with Gasteiger partial charge in [-0.05, 0) is 19.1 Å². The van der Waals surface area contributed by atoms with E-state index in [1.165, 1.54) is 0 Å². The van der Waals surface area contributed by atoms with Gasteiger partial charge in [-0.1, -0.05) is 0 Å². The van der Waals surface area contributed by atoms with E-state index in [-0.39, 0.29) is 6.10 Å². The smallest absolute Gasteiger partial charge is 0.150 e. The number of rotatable bonds is 4. The van der Waals surface area contributed by atoms with Gasteiger partial charge in [-0.25, -0.2) is 9.97 Å². The molecule has 2 heterocycles. The van der Waals surface area contributed by atoms with E-state index in [0.29, 0.717) is 13.2 Å². The van der Waals surface area contributed by atoms with Crippen LogP contribution in [0.3, 0.4) is 0 Å². The maximum Gasteiger partial charge on any atom is 0.150 e. The van der Waals surface area contributed by atoms with Crippen molar-refractivity contribution in [1.29, 1.82) is 0 Å². The Bertz CT molecular complexity index is 660. The summed E-state index contributed by atoms with van der Waals surface area (Å²) in [6.07, 6.45) is 0.0755. The molecule has 0 bridgehead atoms. The van der Waals surface area contributed by atoms with Gasteiger partial charge in [-0.2, -0.15) is 0 Å². The van der Waals surface area contributed by atoms with Crippen molar-refractivity contribution in [3.63, 3.8) is 0 Å². The number of anilines is 1. The molecule has 1 aromatic heterocycles. The van der Waals surface area contributed by atoms with Crippen LogP contribution < -0.4 is 9.64 Å². The van der Waals surface area contributed by atoms with Crippen LogP contribution in [0.15, 0.2) is 18.2 Å². The van der Waals surface area contributed by atoms with Gasteiger partial charge in [-0.3, -0.25) is 0 Å². The maximum atomic E-state index is 5.70. The second kappa shape index (κ2) is 6.46. The molecule has 0 aliphatic carbocycles. The van der Waals surface area contributed by atoms with Gasteiger partial charge in [0.15, 0.2) is 5.82 Å². The summed E-state index contributed by atoms with van der Waals surface area (Å²) in [5.74, 6) is 1.71. The molecule has 1 aliphatic rings. The number of benzene rings is 1. The Labute approximate surface area is 130 Å². The van der Waals surface area contributed by atoms with Crippen molar-refractivity contribution in [1.82, 2.24) is 9.97 Å². The zero-order valence-electron chi connectivity index (χ0n) is 13.2. The van der Waals surface area contributed by atoms with Crippen LogP contribution in [0, 0.1) is 6.92 Å². The fourth-order valence-corrected chi connectivity index (χ4v) is 2.74. The van der Waals surface area contributed by atoms with Crippen molar-refractivity contribution in [3.8, 4) is 5.75 Å². The number of hydrogen-bond acceptors (Lipinski definition) is 6. The highest BCUT2D eigenvalue weighted by Crippen LogP contribution is 2.24. The number of nitrogens with zero attached hydrogens (tertiary/aromatic N) is 3. The van der Waals surface area contributed by atoms with Gasteiger partial charge in [-0.15, -0.1) is 0 Å². The quantitative estimate of drug-likeness (QED) is 0.858. The summed E-state index contributed by atoms with van der Waals surface area (Å²) < 4.78 is 16.1. The fraction of sp³-hybridized carbons (Fsp3) is 0.500. The molecule has 0 unspecified atom stereocenters. The molecule has 118 valence electrons. The van der Waals surface area contributed by atoms with Crippen LogP contribution in [-0.4, -0.2) is 56.6 Å². The molecule has 3 rings (SSSR count). The van der Waals surface area contributed by atoms with Crippen LogP contribution in [-0.2, 0) is 9.47 Å². The van der Waals surface area contributed by atoms with E-state index in [1.54, 1.807) is 14.2 Å². The van der Waals surface area contributed by atoms with Gasteiger partial charge >= 0.3 is 0 Å². The zero-order valence-corrected chi connectivity index (χ0v) is 13.2. The number of fused-ring (bicyclic) bond motifs is 1. The summed E-state index contributed by atoms with van der Waals surface area (Å²) in [4.78, 5) is 11.7. The molecule has 6 nitrogen and oxygen atoms in total. The van der Waals surface area contributed by atoms with Gasteiger partial charge in [0.1, 0.15) is 5.75 Å². The SMILES string of the molecule is COC[C@@H]1CN(c2nc3ccc(OC)cc3nc2C)CCO1. The molecule has 1 saturated heterocycles. The monoisotopic (exact) mass is 303 g/mol. The third-order valence-electron chi connectivity index (χ3n) is 3.81. The van der Waals surface area contributed by atoms with E-state index >= 15 is 0 Å². The Hall–Kier alpha value is -1.92. The van der Waals surface area contributed by atoms with Gasteiger partial charge in [0.25, 0.3) is 0 Å². The number of hydrogen-bond donors (Lipinski definition) is 0. The molecule has 0 spiro atoms. The minimum absolute atomic E-state index is 0.0755. The lowest BCUT2D eigenvalue weighted by atomic mass is 10.2. The molecule has 1 aromatic carbocycles. The Morgan fingerprint density at radius 3 is 2.91 bits per heavy atom. The largest absolute Gasteiger partial charge is 0.497 e. The fourth-order valence-electron chi connectivity index (χ4n) is 2.74. The molecule has 1 aliphatic heterocycles. The van der Waals surface area contributed by atoms with Crippen molar-refractivity contribution in [2.45, 2.75) is 13.0 Å². The van der Waals surface area contributed by atoms with Gasteiger partial charge in [0.05, 0.1) is 43.2 Å². The van der Waals surface area contributed by atoms with Crippen molar-refractivity contribution >= 4 is 16.9 Å². The van der Waals surface area contributed by atoms with Crippen molar-refractivity contribution in [2.24, 2.45) is 0 Å². The van der Waals surface area contributed by atoms with E-state index in [9.17, 15) is 0 Å². The summed E-state index contributed by atoms with van der Waals surface area (Å²) in [5.41, 5.74) is 2.64. The number of aryl methyl sites for hydroxylation is 1. The third-order valence-corrected chi connectivity index (χ3v) is 3.81. The molecule has 22 heavy (non-hydrogen) atoms. The summed E-state index contributed by atoms with van der Waals surface area (Å²) in [6.45, 7) is 4.84. The minimum Gasteiger partial charge on any atom is -0.497 e. The van der Waals surface area contributed by atoms with Crippen LogP contribution >= 0.6 is 0 Å². The molecular weight excluding hydrogens is 282 g/mol. The third kappa shape index (κ3) is 2.98. The molecular formula is C16H21N3O3. The first-order valence-electron chi connectivity index (χ1n) is 7.39. The molecule has 6 heteroatoms. The summed E-state index contributed by atoms with van der Waals surface area (Å²) in [5, 5.41) is 0. The number of methoxy groups -OCH3 is 2. The predicted molar refractivity (Wildman–Crippen MR) is 84.7 cm³/mol. The normalized spacial score (nSPS) is 18.7. The molecule has 0 saturated carbocycles. The lowest BCUT2D eigenvalue weighted by Gasteiger charge is -2.34. The highest BCUT2D eigenvalue weighted by Gasteiger charge is 2.23. The molecule has 2 aromatic rings. The zero-order chi connectivity index (χ0) is 15.5. The van der Waals surface area contributed by atoms with Crippen LogP contribution in [0.1, 0.15) is 5.69 Å². The first-order chi connectivity index (χ1) is 10.7. The highest BCUT2D eigenvalue weighted by molar-refractivity contribution is 5.78. The first kappa shape index (κ1) is 15.0. The molecule has 1 fully saturated rings. The van der Waals surface area contributed by atoms with E-state index in [1.807, 2.05) is 25.1 Å². The second-order valence-electron chi connectivity index (χ2n) is 5.38. The summed E-state index contributed by atoms with van der Waals surface area (Å²) in [6, 6.07) is 5.76. The lowest BCUT2D eigenvalue weighted by molar-refractivity contribution is -0.0102. The van der Waals surface area contributed by atoms with Crippen LogP contribution in [0.5, 0.6) is 5.75 Å². The Morgan fingerprint density at radius 2 is 2.14 bits per heavy atom. The number of aromatic nitrogens is 2.